The van der Waals surface area contributed by atoms with E-state index in [0.717, 1.165) is 10.2 Å². The summed E-state index contributed by atoms with van der Waals surface area (Å²) >= 11 is 9.32. The molecule has 19 heavy (non-hydrogen) atoms. The second-order valence-corrected chi connectivity index (χ2v) is 5.21. The Bertz CT molecular complexity index is 640. The average molecular weight is 340 g/mol. The normalized spacial score (nSPS) is 11.7. The molecule has 2 aromatic rings. The number of hydrogen-bond donors (Lipinski definition) is 1. The van der Waals surface area contributed by atoms with E-state index in [1.807, 2.05) is 24.3 Å². The van der Waals surface area contributed by atoms with E-state index in [-0.39, 0.29) is 5.02 Å². The van der Waals surface area contributed by atoms with Crippen molar-refractivity contribution in [1.29, 1.82) is 5.26 Å². The SMILES string of the molecule is N#CC(Nc1cccc(Br)c1)c1ccc(F)cc1Cl. The minimum atomic E-state index is -0.637. The molecule has 0 spiro atoms. The topological polar surface area (TPSA) is 35.8 Å². The molecule has 0 radical (unpaired) electrons. The van der Waals surface area contributed by atoms with E-state index in [4.69, 9.17) is 11.6 Å². The summed E-state index contributed by atoms with van der Waals surface area (Å²) < 4.78 is 13.9. The average Bonchev–Trinajstić information content (AvgIpc) is 2.37. The molecule has 0 aliphatic rings. The van der Waals surface area contributed by atoms with Crippen LogP contribution in [0.1, 0.15) is 11.6 Å². The highest BCUT2D eigenvalue weighted by Crippen LogP contribution is 2.27. The van der Waals surface area contributed by atoms with Gasteiger partial charge in [-0.3, -0.25) is 0 Å². The van der Waals surface area contributed by atoms with Gasteiger partial charge in [0.25, 0.3) is 0 Å². The Morgan fingerprint density at radius 1 is 1.26 bits per heavy atom. The van der Waals surface area contributed by atoms with E-state index in [1.165, 1.54) is 18.2 Å². The predicted octanol–water partition coefficient (Wildman–Crippen LogP) is 4.92. The number of nitrogens with one attached hydrogen (secondary N) is 1. The van der Waals surface area contributed by atoms with E-state index in [1.54, 1.807) is 0 Å². The van der Waals surface area contributed by atoms with Crippen LogP contribution >= 0.6 is 27.5 Å². The van der Waals surface area contributed by atoms with Gasteiger partial charge >= 0.3 is 0 Å². The number of anilines is 1. The molecule has 96 valence electrons. The third-order valence-electron chi connectivity index (χ3n) is 2.54. The van der Waals surface area contributed by atoms with Crippen LogP contribution in [0.15, 0.2) is 46.9 Å². The molecule has 0 heterocycles. The Balaban J connectivity index is 2.28. The molecular formula is C14H9BrClFN2. The second kappa shape index (κ2) is 6.05. The number of nitrogens with zero attached hydrogens (tertiary/aromatic N) is 1. The van der Waals surface area contributed by atoms with E-state index in [0.29, 0.717) is 5.56 Å². The Morgan fingerprint density at radius 3 is 2.68 bits per heavy atom. The van der Waals surface area contributed by atoms with Crippen LogP contribution < -0.4 is 5.32 Å². The van der Waals surface area contributed by atoms with Gasteiger partial charge in [0.1, 0.15) is 11.9 Å². The molecular weight excluding hydrogens is 331 g/mol. The van der Waals surface area contributed by atoms with Gasteiger partial charge in [0.05, 0.1) is 6.07 Å². The van der Waals surface area contributed by atoms with Crippen LogP contribution in [0.2, 0.25) is 5.02 Å². The maximum atomic E-state index is 13.0. The summed E-state index contributed by atoms with van der Waals surface area (Å²) in [6.07, 6.45) is 0. The van der Waals surface area contributed by atoms with Crippen LogP contribution in [0.25, 0.3) is 0 Å². The first kappa shape index (κ1) is 13.9. The lowest BCUT2D eigenvalue weighted by Gasteiger charge is -2.15. The molecule has 0 saturated heterocycles. The Morgan fingerprint density at radius 2 is 2.05 bits per heavy atom. The molecule has 1 atom stereocenters. The zero-order chi connectivity index (χ0) is 13.8. The van der Waals surface area contributed by atoms with Crippen LogP contribution in [-0.4, -0.2) is 0 Å². The fourth-order valence-corrected chi connectivity index (χ4v) is 2.34. The molecule has 2 rings (SSSR count). The van der Waals surface area contributed by atoms with Crippen molar-refractivity contribution >= 4 is 33.2 Å². The third kappa shape index (κ3) is 3.46. The van der Waals surface area contributed by atoms with E-state index in [2.05, 4.69) is 27.3 Å². The highest BCUT2D eigenvalue weighted by Gasteiger charge is 2.14. The van der Waals surface area contributed by atoms with Gasteiger partial charge in [0.2, 0.25) is 0 Å². The van der Waals surface area contributed by atoms with Gasteiger partial charge < -0.3 is 5.32 Å². The monoisotopic (exact) mass is 338 g/mol. The van der Waals surface area contributed by atoms with Gasteiger partial charge in [-0.05, 0) is 30.3 Å². The van der Waals surface area contributed by atoms with Crippen molar-refractivity contribution in [2.45, 2.75) is 6.04 Å². The molecule has 0 fully saturated rings. The fraction of sp³-hybridized carbons (Fsp3) is 0.0714. The summed E-state index contributed by atoms with van der Waals surface area (Å²) in [6.45, 7) is 0. The lowest BCUT2D eigenvalue weighted by Crippen LogP contribution is -2.09. The van der Waals surface area contributed by atoms with Gasteiger partial charge in [-0.2, -0.15) is 5.26 Å². The zero-order valence-electron chi connectivity index (χ0n) is 9.70. The van der Waals surface area contributed by atoms with Crippen LogP contribution in [-0.2, 0) is 0 Å². The van der Waals surface area contributed by atoms with Gasteiger partial charge in [0, 0.05) is 20.7 Å². The highest BCUT2D eigenvalue weighted by atomic mass is 79.9. The minimum Gasteiger partial charge on any atom is -0.366 e. The third-order valence-corrected chi connectivity index (χ3v) is 3.36. The number of halogens is 3. The largest absolute Gasteiger partial charge is 0.366 e. The Hall–Kier alpha value is -1.57. The molecule has 1 N–H and O–H groups in total. The highest BCUT2D eigenvalue weighted by molar-refractivity contribution is 9.10. The number of rotatable bonds is 3. The number of benzene rings is 2. The molecule has 1 unspecified atom stereocenters. The maximum absolute atomic E-state index is 13.0. The molecule has 0 bridgehead atoms. The molecule has 2 nitrogen and oxygen atoms in total. The Labute approximate surface area is 123 Å². The number of nitriles is 1. The molecule has 5 heteroatoms. The van der Waals surface area contributed by atoms with E-state index < -0.39 is 11.9 Å². The molecule has 0 amide bonds. The molecule has 0 aromatic heterocycles. The van der Waals surface area contributed by atoms with Crippen molar-refractivity contribution in [3.63, 3.8) is 0 Å². The first-order valence-corrected chi connectivity index (χ1v) is 6.64. The van der Waals surface area contributed by atoms with Gasteiger partial charge in [-0.25, -0.2) is 4.39 Å². The summed E-state index contributed by atoms with van der Waals surface area (Å²) in [6, 6.07) is 12.9. The summed E-state index contributed by atoms with van der Waals surface area (Å²) in [4.78, 5) is 0. The van der Waals surface area contributed by atoms with Crippen molar-refractivity contribution in [3.8, 4) is 6.07 Å². The maximum Gasteiger partial charge on any atom is 0.141 e. The minimum absolute atomic E-state index is 0.231. The van der Waals surface area contributed by atoms with Crippen molar-refractivity contribution in [2.75, 3.05) is 5.32 Å². The van der Waals surface area contributed by atoms with Gasteiger partial charge in [-0.15, -0.1) is 0 Å². The summed E-state index contributed by atoms with van der Waals surface area (Å²) in [5.41, 5.74) is 1.33. The van der Waals surface area contributed by atoms with Crippen molar-refractivity contribution in [3.05, 3.63) is 63.3 Å². The van der Waals surface area contributed by atoms with E-state index in [9.17, 15) is 9.65 Å². The van der Waals surface area contributed by atoms with Crippen molar-refractivity contribution in [2.24, 2.45) is 0 Å². The number of hydrogen-bond acceptors (Lipinski definition) is 2. The Kier molecular flexibility index (Phi) is 4.41. The zero-order valence-corrected chi connectivity index (χ0v) is 12.0. The summed E-state index contributed by atoms with van der Waals surface area (Å²) in [5.74, 6) is -0.423. The van der Waals surface area contributed by atoms with Crippen molar-refractivity contribution < 1.29 is 4.39 Å². The first-order chi connectivity index (χ1) is 9.10. The summed E-state index contributed by atoms with van der Waals surface area (Å²) in [5, 5.41) is 12.5. The smallest absolute Gasteiger partial charge is 0.141 e. The standard InChI is InChI=1S/C14H9BrClFN2/c15-9-2-1-3-11(6-9)19-14(8-18)12-5-4-10(17)7-13(12)16/h1-7,14,19H. The van der Waals surface area contributed by atoms with Crippen LogP contribution in [0.5, 0.6) is 0 Å². The molecule has 0 aliphatic heterocycles. The first-order valence-electron chi connectivity index (χ1n) is 5.47. The lowest BCUT2D eigenvalue weighted by molar-refractivity contribution is 0.627. The second-order valence-electron chi connectivity index (χ2n) is 3.88. The van der Waals surface area contributed by atoms with Crippen LogP contribution in [0.4, 0.5) is 10.1 Å². The van der Waals surface area contributed by atoms with Crippen LogP contribution in [0, 0.1) is 17.1 Å². The predicted molar refractivity (Wildman–Crippen MR) is 77.5 cm³/mol. The summed E-state index contributed by atoms with van der Waals surface area (Å²) in [7, 11) is 0. The van der Waals surface area contributed by atoms with Crippen molar-refractivity contribution in [1.82, 2.24) is 0 Å². The lowest BCUT2D eigenvalue weighted by atomic mass is 10.1. The molecule has 2 aromatic carbocycles. The van der Waals surface area contributed by atoms with Gasteiger partial charge in [-0.1, -0.05) is 39.7 Å². The molecule has 0 aliphatic carbocycles. The van der Waals surface area contributed by atoms with E-state index >= 15 is 0 Å². The fourth-order valence-electron chi connectivity index (χ4n) is 1.66. The van der Waals surface area contributed by atoms with Gasteiger partial charge in [0.15, 0.2) is 0 Å². The molecule has 0 saturated carbocycles. The van der Waals surface area contributed by atoms with Crippen LogP contribution in [0.3, 0.4) is 0 Å². The quantitative estimate of drug-likeness (QED) is 0.861.